The van der Waals surface area contributed by atoms with Gasteiger partial charge in [0.15, 0.2) is 9.92 Å². The maximum absolute atomic E-state index is 12.5. The van der Waals surface area contributed by atoms with Crippen molar-refractivity contribution in [2.24, 2.45) is 21.2 Å². The van der Waals surface area contributed by atoms with E-state index in [1.165, 1.54) is 11.3 Å². The zero-order chi connectivity index (χ0) is 15.6. The summed E-state index contributed by atoms with van der Waals surface area (Å²) >= 11 is 1.28. The van der Waals surface area contributed by atoms with Crippen LogP contribution in [0, 0.1) is 5.92 Å². The Hall–Kier alpha value is -1.28. The predicted octanol–water partition coefficient (Wildman–Crippen LogP) is 2.50. The van der Waals surface area contributed by atoms with Crippen LogP contribution in [0.1, 0.15) is 20.3 Å². The summed E-state index contributed by atoms with van der Waals surface area (Å²) in [6.45, 7) is 3.79. The van der Waals surface area contributed by atoms with Crippen LogP contribution in [0.2, 0.25) is 0 Å². The van der Waals surface area contributed by atoms with Gasteiger partial charge in [-0.2, -0.15) is 0 Å². The van der Waals surface area contributed by atoms with Crippen LogP contribution < -0.4 is 10.9 Å². The molecule has 2 aromatic rings. The van der Waals surface area contributed by atoms with Crippen LogP contribution in [0.4, 0.5) is 0 Å². The molecule has 1 aromatic heterocycles. The first kappa shape index (κ1) is 16.1. The van der Waals surface area contributed by atoms with Gasteiger partial charge in [-0.1, -0.05) is 38.5 Å². The van der Waals surface area contributed by atoms with Crippen LogP contribution in [0.25, 0.3) is 10.1 Å². The molecule has 0 aliphatic carbocycles. The highest BCUT2D eigenvalue weighted by atomic mass is 32.2. The number of amides is 1. The largest absolute Gasteiger partial charge is 0.320 e. The smallest absolute Gasteiger partial charge is 0.272 e. The minimum Gasteiger partial charge on any atom is -0.320 e. The van der Waals surface area contributed by atoms with Crippen LogP contribution in [-0.2, 0) is 14.7 Å². The standard InChI is InChI=1S/C14H19N3O2S2/c1-3-9(2)13(15)14(18)17-21(16,19)12-8-10-6-4-5-7-11(10)20-12/h4-9,13H,3,15H2,1-2H3,(H2,16,17,18,19)/t9-,13-,21?/m0/s1. The zero-order valence-electron chi connectivity index (χ0n) is 12.0. The van der Waals surface area contributed by atoms with Crippen molar-refractivity contribution >= 4 is 37.2 Å². The maximum atomic E-state index is 12.5. The van der Waals surface area contributed by atoms with E-state index < -0.39 is 21.9 Å². The summed E-state index contributed by atoms with van der Waals surface area (Å²) in [5.74, 6) is -0.631. The Labute approximate surface area is 128 Å². The first-order valence-corrected chi connectivity index (χ1v) is 9.07. The molecule has 0 saturated carbocycles. The van der Waals surface area contributed by atoms with Gasteiger partial charge in [-0.3, -0.25) is 4.79 Å². The van der Waals surface area contributed by atoms with Gasteiger partial charge in [0.1, 0.15) is 4.21 Å². The molecule has 0 aliphatic rings. The van der Waals surface area contributed by atoms with Gasteiger partial charge in [-0.15, -0.1) is 15.7 Å². The summed E-state index contributed by atoms with van der Waals surface area (Å²) in [5.41, 5.74) is 5.81. The molecule has 2 rings (SSSR count). The van der Waals surface area contributed by atoms with E-state index in [-0.39, 0.29) is 5.92 Å². The van der Waals surface area contributed by atoms with Gasteiger partial charge in [0.25, 0.3) is 5.91 Å². The number of thiophene rings is 1. The number of carbonyl (C=O) groups is 1. The summed E-state index contributed by atoms with van der Waals surface area (Å²) < 4.78 is 17.6. The Bertz CT molecular complexity index is 742. The van der Waals surface area contributed by atoms with Crippen molar-refractivity contribution in [3.05, 3.63) is 30.3 Å². The van der Waals surface area contributed by atoms with Crippen molar-refractivity contribution in [3.63, 3.8) is 0 Å². The van der Waals surface area contributed by atoms with Crippen LogP contribution in [0.15, 0.2) is 38.9 Å². The Morgan fingerprint density at radius 1 is 1.43 bits per heavy atom. The molecule has 0 aliphatic heterocycles. The first-order valence-electron chi connectivity index (χ1n) is 6.68. The summed E-state index contributed by atoms with van der Waals surface area (Å²) in [4.78, 5) is 12.0. The van der Waals surface area contributed by atoms with Crippen LogP contribution in [0.3, 0.4) is 0 Å². The average Bonchev–Trinajstić information content (AvgIpc) is 2.90. The molecule has 0 spiro atoms. The highest BCUT2D eigenvalue weighted by Crippen LogP contribution is 2.28. The Morgan fingerprint density at radius 3 is 2.71 bits per heavy atom. The quantitative estimate of drug-likeness (QED) is 0.903. The number of nitrogens with two attached hydrogens (primary N) is 2. The number of benzene rings is 1. The number of hydrogen-bond acceptors (Lipinski definition) is 4. The minimum absolute atomic E-state index is 0.0288. The van der Waals surface area contributed by atoms with E-state index in [2.05, 4.69) is 4.36 Å². The van der Waals surface area contributed by atoms with Gasteiger partial charge >= 0.3 is 0 Å². The lowest BCUT2D eigenvalue weighted by Crippen LogP contribution is -2.36. The van der Waals surface area contributed by atoms with Crippen molar-refractivity contribution in [1.82, 2.24) is 0 Å². The molecule has 21 heavy (non-hydrogen) atoms. The van der Waals surface area contributed by atoms with Gasteiger partial charge in [-0.05, 0) is 23.4 Å². The predicted molar refractivity (Wildman–Crippen MR) is 87.3 cm³/mol. The molecule has 0 fully saturated rings. The van der Waals surface area contributed by atoms with E-state index >= 15 is 0 Å². The highest BCUT2D eigenvalue weighted by molar-refractivity contribution is 7.93. The van der Waals surface area contributed by atoms with E-state index in [0.29, 0.717) is 4.21 Å². The lowest BCUT2D eigenvalue weighted by molar-refractivity contribution is -0.119. The molecule has 4 N–H and O–H groups in total. The molecule has 1 heterocycles. The van der Waals surface area contributed by atoms with Crippen molar-refractivity contribution in [1.29, 1.82) is 0 Å². The van der Waals surface area contributed by atoms with Crippen LogP contribution in [0.5, 0.6) is 0 Å². The van der Waals surface area contributed by atoms with Gasteiger partial charge < -0.3 is 5.73 Å². The molecular formula is C14H19N3O2S2. The third-order valence-electron chi connectivity index (χ3n) is 3.46. The third kappa shape index (κ3) is 3.49. The SMILES string of the molecule is CC[C@H](C)[C@H](N)C(=O)N=S(N)(=O)c1cc2ccccc2s1. The third-order valence-corrected chi connectivity index (χ3v) is 6.48. The lowest BCUT2D eigenvalue weighted by Gasteiger charge is -2.14. The van der Waals surface area contributed by atoms with Crippen molar-refractivity contribution < 1.29 is 9.00 Å². The van der Waals surface area contributed by atoms with Crippen molar-refractivity contribution in [2.75, 3.05) is 0 Å². The summed E-state index contributed by atoms with van der Waals surface area (Å²) in [6.07, 6.45) is 0.747. The molecule has 114 valence electrons. The van der Waals surface area contributed by atoms with Gasteiger partial charge in [-0.25, -0.2) is 9.35 Å². The van der Waals surface area contributed by atoms with E-state index in [9.17, 15) is 9.00 Å². The van der Waals surface area contributed by atoms with Gasteiger partial charge in [0.2, 0.25) is 0 Å². The second kappa shape index (κ2) is 6.23. The zero-order valence-corrected chi connectivity index (χ0v) is 13.6. The second-order valence-corrected chi connectivity index (χ2v) is 8.11. The van der Waals surface area contributed by atoms with Gasteiger partial charge in [0.05, 0.1) is 6.04 Å². The van der Waals surface area contributed by atoms with E-state index in [4.69, 9.17) is 10.9 Å². The average molecular weight is 325 g/mol. The summed E-state index contributed by atoms with van der Waals surface area (Å²) in [7, 11) is -3.24. The lowest BCUT2D eigenvalue weighted by atomic mass is 10.00. The highest BCUT2D eigenvalue weighted by Gasteiger charge is 2.22. The number of fused-ring (bicyclic) bond motifs is 1. The molecule has 7 heteroatoms. The Balaban J connectivity index is 2.38. The van der Waals surface area contributed by atoms with Gasteiger partial charge in [0, 0.05) is 4.70 Å². The maximum Gasteiger partial charge on any atom is 0.272 e. The normalized spacial score (nSPS) is 17.1. The molecular weight excluding hydrogens is 306 g/mol. The Morgan fingerprint density at radius 2 is 2.10 bits per heavy atom. The summed E-state index contributed by atoms with van der Waals surface area (Å²) in [5, 5.41) is 6.71. The fraction of sp³-hybridized carbons (Fsp3) is 0.357. The molecule has 0 saturated heterocycles. The molecule has 1 unspecified atom stereocenters. The van der Waals surface area contributed by atoms with Crippen LogP contribution in [-0.4, -0.2) is 16.2 Å². The van der Waals surface area contributed by atoms with Crippen LogP contribution >= 0.6 is 11.3 Å². The molecule has 1 amide bonds. The topological polar surface area (TPSA) is 98.5 Å². The number of carbonyl (C=O) groups excluding carboxylic acids is 1. The van der Waals surface area contributed by atoms with E-state index in [1.807, 2.05) is 38.1 Å². The minimum atomic E-state index is -3.24. The number of rotatable bonds is 4. The fourth-order valence-corrected chi connectivity index (χ4v) is 4.27. The van der Waals surface area contributed by atoms with E-state index in [1.54, 1.807) is 6.07 Å². The molecule has 0 bridgehead atoms. The summed E-state index contributed by atoms with van der Waals surface area (Å²) in [6, 6.07) is 8.53. The molecule has 5 nitrogen and oxygen atoms in total. The first-order chi connectivity index (χ1) is 9.85. The van der Waals surface area contributed by atoms with E-state index in [0.717, 1.165) is 16.5 Å². The molecule has 0 radical (unpaired) electrons. The number of hydrogen-bond donors (Lipinski definition) is 2. The fourth-order valence-electron chi connectivity index (χ4n) is 1.84. The van der Waals surface area contributed by atoms with Crippen molar-refractivity contribution in [3.8, 4) is 0 Å². The molecule has 3 atom stereocenters. The number of nitrogens with zero attached hydrogens (tertiary/aromatic N) is 1. The monoisotopic (exact) mass is 325 g/mol. The molecule has 1 aromatic carbocycles. The van der Waals surface area contributed by atoms with Crippen molar-refractivity contribution in [2.45, 2.75) is 30.5 Å². The second-order valence-electron chi connectivity index (χ2n) is 5.01. The Kier molecular flexibility index (Phi) is 4.77.